The lowest BCUT2D eigenvalue weighted by Crippen LogP contribution is -2.35. The Hall–Kier alpha value is -2.22. The Morgan fingerprint density at radius 2 is 2.08 bits per heavy atom. The van der Waals surface area contributed by atoms with Crippen LogP contribution in [0.1, 0.15) is 20.0 Å². The lowest BCUT2D eigenvalue weighted by molar-refractivity contribution is 0.0927. The molecule has 1 aliphatic heterocycles. The fraction of sp³-hybridized carbons (Fsp3) is 0.333. The molecule has 3 rings (SSSR count). The first kappa shape index (κ1) is 17.6. The Morgan fingerprint density at radius 3 is 2.76 bits per heavy atom. The molecule has 2 aromatic rings. The van der Waals surface area contributed by atoms with Gasteiger partial charge in [-0.15, -0.1) is 11.3 Å². The number of hydrogen-bond acceptors (Lipinski definition) is 5. The van der Waals surface area contributed by atoms with Crippen molar-refractivity contribution in [1.29, 1.82) is 0 Å². The van der Waals surface area contributed by atoms with Gasteiger partial charge in [0.05, 0.1) is 22.2 Å². The quantitative estimate of drug-likeness (QED) is 0.752. The summed E-state index contributed by atoms with van der Waals surface area (Å²) in [4.78, 5) is 27.3. The van der Waals surface area contributed by atoms with Crippen molar-refractivity contribution in [2.45, 2.75) is 6.10 Å². The maximum atomic E-state index is 12.6. The number of hydrogen-bond donors (Lipinski definition) is 3. The second kappa shape index (κ2) is 7.77. The second-order valence-corrected chi connectivity index (χ2v) is 7.00. The highest BCUT2D eigenvalue weighted by Gasteiger charge is 2.26. The molecule has 7 heteroatoms. The summed E-state index contributed by atoms with van der Waals surface area (Å²) < 4.78 is 0. The number of anilines is 1. The van der Waals surface area contributed by atoms with Crippen LogP contribution < -0.4 is 15.5 Å². The van der Waals surface area contributed by atoms with Crippen LogP contribution in [0.4, 0.5) is 5.69 Å². The van der Waals surface area contributed by atoms with Gasteiger partial charge in [0.1, 0.15) is 0 Å². The third-order valence-electron chi connectivity index (χ3n) is 4.38. The van der Waals surface area contributed by atoms with Crippen LogP contribution in [0, 0.1) is 5.92 Å². The maximum absolute atomic E-state index is 12.6. The number of rotatable bonds is 5. The van der Waals surface area contributed by atoms with Gasteiger partial charge in [0.15, 0.2) is 0 Å². The number of nitrogens with zero attached hydrogens (tertiary/aromatic N) is 1. The molecule has 2 unspecified atom stereocenters. The summed E-state index contributed by atoms with van der Waals surface area (Å²) in [6.07, 6.45) is -0.446. The van der Waals surface area contributed by atoms with E-state index in [2.05, 4.69) is 10.6 Å². The summed E-state index contributed by atoms with van der Waals surface area (Å²) in [5.74, 6) is -0.396. The second-order valence-electron chi connectivity index (χ2n) is 6.05. The van der Waals surface area contributed by atoms with E-state index in [1.165, 1.54) is 16.2 Å². The average molecular weight is 359 g/mol. The van der Waals surface area contributed by atoms with E-state index in [0.29, 0.717) is 35.8 Å². The summed E-state index contributed by atoms with van der Waals surface area (Å²) >= 11 is 1.37. The predicted molar refractivity (Wildman–Crippen MR) is 98.2 cm³/mol. The minimum Gasteiger partial charge on any atom is -0.391 e. The number of para-hydroxylation sites is 1. The normalized spacial score (nSPS) is 19.6. The Bertz CT molecular complexity index is 748. The molecule has 1 aromatic carbocycles. The van der Waals surface area contributed by atoms with Crippen LogP contribution in [0.3, 0.4) is 0 Å². The van der Waals surface area contributed by atoms with Gasteiger partial charge < -0.3 is 20.6 Å². The van der Waals surface area contributed by atoms with E-state index in [-0.39, 0.29) is 17.7 Å². The fourth-order valence-corrected chi connectivity index (χ4v) is 3.58. The van der Waals surface area contributed by atoms with Crippen molar-refractivity contribution in [2.24, 2.45) is 5.92 Å². The van der Waals surface area contributed by atoms with E-state index in [0.717, 1.165) is 0 Å². The number of carbonyl (C=O) groups is 2. The van der Waals surface area contributed by atoms with Gasteiger partial charge >= 0.3 is 0 Å². The molecule has 25 heavy (non-hydrogen) atoms. The molecule has 0 radical (unpaired) electrons. The number of nitrogens with one attached hydrogen (secondary N) is 2. The van der Waals surface area contributed by atoms with Crippen LogP contribution >= 0.6 is 11.3 Å². The fourth-order valence-electron chi connectivity index (χ4n) is 2.88. The van der Waals surface area contributed by atoms with Crippen molar-refractivity contribution in [2.75, 3.05) is 31.6 Å². The zero-order chi connectivity index (χ0) is 17.8. The maximum Gasteiger partial charge on any atom is 0.268 e. The van der Waals surface area contributed by atoms with E-state index in [4.69, 9.17) is 0 Å². The van der Waals surface area contributed by atoms with E-state index in [1.54, 1.807) is 37.4 Å². The van der Waals surface area contributed by atoms with E-state index < -0.39 is 6.10 Å². The third kappa shape index (κ3) is 3.89. The molecule has 2 amide bonds. The number of benzene rings is 1. The zero-order valence-corrected chi connectivity index (χ0v) is 14.8. The van der Waals surface area contributed by atoms with Crippen molar-refractivity contribution < 1.29 is 14.7 Å². The number of β-amino-alcohol motifs (C(OH)–C–C–N with tert-alkyl or cyclic N) is 1. The highest BCUT2D eigenvalue weighted by Crippen LogP contribution is 2.22. The average Bonchev–Trinajstić information content (AvgIpc) is 3.30. The molecule has 1 fully saturated rings. The van der Waals surface area contributed by atoms with Gasteiger partial charge in [0, 0.05) is 32.6 Å². The smallest absolute Gasteiger partial charge is 0.268 e. The number of aliphatic hydroxyl groups is 1. The van der Waals surface area contributed by atoms with Crippen molar-refractivity contribution in [1.82, 2.24) is 10.6 Å². The molecule has 0 spiro atoms. The van der Waals surface area contributed by atoms with Gasteiger partial charge in [-0.25, -0.2) is 0 Å². The molecule has 1 saturated heterocycles. The number of amides is 2. The summed E-state index contributed by atoms with van der Waals surface area (Å²) in [7, 11) is 1.67. The molecular formula is C18H21N3O3S. The van der Waals surface area contributed by atoms with Crippen molar-refractivity contribution in [3.8, 4) is 0 Å². The molecule has 2 heterocycles. The van der Waals surface area contributed by atoms with Gasteiger partial charge in [0.2, 0.25) is 0 Å². The number of aliphatic hydroxyl groups excluding tert-OH is 1. The summed E-state index contributed by atoms with van der Waals surface area (Å²) in [5.41, 5.74) is 0.999. The lowest BCUT2D eigenvalue weighted by Gasteiger charge is -2.20. The highest BCUT2D eigenvalue weighted by molar-refractivity contribution is 7.12. The summed E-state index contributed by atoms with van der Waals surface area (Å²) in [6.45, 7) is 1.62. The largest absolute Gasteiger partial charge is 0.391 e. The predicted octanol–water partition coefficient (Wildman–Crippen LogP) is 1.33. The van der Waals surface area contributed by atoms with Gasteiger partial charge in [-0.05, 0) is 23.6 Å². The van der Waals surface area contributed by atoms with Crippen LogP contribution in [-0.2, 0) is 0 Å². The molecular weight excluding hydrogens is 338 g/mol. The zero-order valence-electron chi connectivity index (χ0n) is 13.9. The van der Waals surface area contributed by atoms with Crippen molar-refractivity contribution in [3.05, 3.63) is 52.2 Å². The van der Waals surface area contributed by atoms with Crippen molar-refractivity contribution >= 4 is 28.8 Å². The first-order chi connectivity index (χ1) is 12.1. The standard InChI is InChI=1S/C18H21N3O3S/c1-21(18(24)16-7-4-8-25-16)14-6-3-2-5-13(14)17(23)20-10-12-9-19-11-15(12)22/h2-8,12,15,19,22H,9-11H2,1H3,(H,20,23). The molecule has 6 nitrogen and oxygen atoms in total. The van der Waals surface area contributed by atoms with Gasteiger partial charge in [-0.1, -0.05) is 18.2 Å². The molecule has 0 saturated carbocycles. The first-order valence-electron chi connectivity index (χ1n) is 8.15. The third-order valence-corrected chi connectivity index (χ3v) is 5.23. The Kier molecular flexibility index (Phi) is 5.47. The minimum atomic E-state index is -0.446. The topological polar surface area (TPSA) is 81.7 Å². The number of thiophene rings is 1. The van der Waals surface area contributed by atoms with E-state index in [9.17, 15) is 14.7 Å². The molecule has 132 valence electrons. The van der Waals surface area contributed by atoms with Crippen LogP contribution in [0.5, 0.6) is 0 Å². The van der Waals surface area contributed by atoms with Crippen LogP contribution in [0.2, 0.25) is 0 Å². The molecule has 2 atom stereocenters. The Morgan fingerprint density at radius 1 is 1.28 bits per heavy atom. The van der Waals surface area contributed by atoms with Crippen LogP contribution in [0.25, 0.3) is 0 Å². The molecule has 1 aliphatic rings. The van der Waals surface area contributed by atoms with Gasteiger partial charge in [0.25, 0.3) is 11.8 Å². The SMILES string of the molecule is CN(C(=O)c1cccs1)c1ccccc1C(=O)NCC1CNCC1O. The van der Waals surface area contributed by atoms with Gasteiger partial charge in [-0.2, -0.15) is 0 Å². The summed E-state index contributed by atoms with van der Waals surface area (Å²) in [6, 6.07) is 10.6. The first-order valence-corrected chi connectivity index (χ1v) is 9.03. The molecule has 3 N–H and O–H groups in total. The number of carbonyl (C=O) groups excluding carboxylic acids is 2. The molecule has 0 bridgehead atoms. The molecule has 0 aliphatic carbocycles. The van der Waals surface area contributed by atoms with E-state index in [1.807, 2.05) is 11.4 Å². The monoisotopic (exact) mass is 359 g/mol. The highest BCUT2D eigenvalue weighted by atomic mass is 32.1. The van der Waals surface area contributed by atoms with Crippen molar-refractivity contribution in [3.63, 3.8) is 0 Å². The van der Waals surface area contributed by atoms with E-state index >= 15 is 0 Å². The van der Waals surface area contributed by atoms with Gasteiger partial charge in [-0.3, -0.25) is 9.59 Å². The minimum absolute atomic E-state index is 0.00147. The van der Waals surface area contributed by atoms with Crippen LogP contribution in [0.15, 0.2) is 41.8 Å². The summed E-state index contributed by atoms with van der Waals surface area (Å²) in [5, 5.41) is 17.6. The lowest BCUT2D eigenvalue weighted by atomic mass is 10.1. The Balaban J connectivity index is 1.73. The van der Waals surface area contributed by atoms with Crippen LogP contribution in [-0.4, -0.2) is 49.7 Å². The molecule has 1 aromatic heterocycles. The Labute approximate surface area is 150 Å².